The molecule has 1 atom stereocenters. The van der Waals surface area contributed by atoms with E-state index in [1.54, 1.807) is 7.11 Å². The molecule has 1 aliphatic rings. The molecule has 17 heteroatoms. The Morgan fingerprint density at radius 2 is 1.83 bits per heavy atom. The van der Waals surface area contributed by atoms with Gasteiger partial charge in [-0.3, -0.25) is 14.3 Å². The molecule has 5 rings (SSSR count). The van der Waals surface area contributed by atoms with Crippen LogP contribution in [-0.2, 0) is 16.4 Å². The number of sulfonamides is 1. The van der Waals surface area contributed by atoms with Crippen molar-refractivity contribution in [3.05, 3.63) is 52.9 Å². The number of anilines is 6. The van der Waals surface area contributed by atoms with Crippen molar-refractivity contribution < 1.29 is 26.3 Å². The minimum atomic E-state index is -5.78. The Morgan fingerprint density at radius 1 is 1.09 bits per heavy atom. The quantitative estimate of drug-likeness (QED) is 0.210. The summed E-state index contributed by atoms with van der Waals surface area (Å²) < 4.78 is 71.9. The van der Waals surface area contributed by atoms with E-state index >= 15 is 0 Å². The number of nitrogens with one attached hydrogen (secondary N) is 2. The second-order valence-electron chi connectivity index (χ2n) is 10.8. The lowest BCUT2D eigenvalue weighted by atomic mass is 10.1. The fourth-order valence-corrected chi connectivity index (χ4v) is 6.35. The number of hydrogen-bond acceptors (Lipinski definition) is 11. The maximum Gasteiger partial charge on any atom is 0.516 e. The molecule has 2 N–H and O–H groups in total. The maximum absolute atomic E-state index is 13.6. The summed E-state index contributed by atoms with van der Waals surface area (Å²) in [4.78, 5) is 21.7. The predicted octanol–water partition coefficient (Wildman–Crippen LogP) is 5.67. The molecule has 0 saturated carbocycles. The third kappa shape index (κ3) is 6.48. The fourth-order valence-electron chi connectivity index (χ4n) is 5.32. The highest BCUT2D eigenvalue weighted by atomic mass is 79.9. The van der Waals surface area contributed by atoms with Crippen molar-refractivity contribution in [2.45, 2.75) is 31.3 Å². The van der Waals surface area contributed by atoms with Gasteiger partial charge in [-0.15, -0.1) is 0 Å². The van der Waals surface area contributed by atoms with E-state index in [4.69, 9.17) is 4.74 Å². The first-order chi connectivity index (χ1) is 21.7. The summed E-state index contributed by atoms with van der Waals surface area (Å²) in [5.41, 5.74) is -2.95. The van der Waals surface area contributed by atoms with Gasteiger partial charge in [-0.05, 0) is 66.6 Å². The summed E-state index contributed by atoms with van der Waals surface area (Å²) in [6.07, 6.45) is 5.91. The van der Waals surface area contributed by atoms with E-state index in [9.17, 15) is 21.6 Å². The lowest BCUT2D eigenvalue weighted by molar-refractivity contribution is -0.0436. The Kier molecular flexibility index (Phi) is 9.47. The molecule has 3 heterocycles. The summed E-state index contributed by atoms with van der Waals surface area (Å²) in [5, 5.41) is 6.15. The van der Waals surface area contributed by atoms with Crippen LogP contribution >= 0.6 is 15.9 Å². The van der Waals surface area contributed by atoms with Crippen LogP contribution in [0.4, 0.5) is 47.7 Å². The van der Waals surface area contributed by atoms with E-state index in [0.717, 1.165) is 44.2 Å². The van der Waals surface area contributed by atoms with Gasteiger partial charge in [-0.1, -0.05) is 6.92 Å². The van der Waals surface area contributed by atoms with E-state index in [2.05, 4.69) is 77.3 Å². The normalized spacial score (nSPS) is 15.4. The second kappa shape index (κ2) is 13.0. The van der Waals surface area contributed by atoms with Crippen molar-refractivity contribution in [1.82, 2.24) is 24.8 Å². The highest BCUT2D eigenvalue weighted by molar-refractivity contribution is 9.10. The van der Waals surface area contributed by atoms with Gasteiger partial charge < -0.3 is 25.2 Å². The Labute approximate surface area is 273 Å². The molecule has 46 heavy (non-hydrogen) atoms. The van der Waals surface area contributed by atoms with Crippen LogP contribution < -0.4 is 24.6 Å². The number of aryl methyl sites for hydroxylation is 1. The van der Waals surface area contributed by atoms with Crippen LogP contribution in [0.5, 0.6) is 5.75 Å². The van der Waals surface area contributed by atoms with Crippen LogP contribution in [0.3, 0.4) is 0 Å². The number of ether oxygens (including phenoxy) is 1. The zero-order valence-electron chi connectivity index (χ0n) is 25.7. The van der Waals surface area contributed by atoms with Crippen molar-refractivity contribution in [2.24, 2.45) is 0 Å². The van der Waals surface area contributed by atoms with Crippen LogP contribution in [-0.4, -0.2) is 86.1 Å². The maximum atomic E-state index is 13.6. The van der Waals surface area contributed by atoms with E-state index in [1.807, 2.05) is 12.1 Å². The standard InChI is InChI=1S/C29H33BrF3N9O3S/c1-6-17-13-22(24(45-5)14-23(17)42-12-9-18(16-42)40(2)3)38-28-36-15-19(30)27(39-28)37-21-8-7-20-25(35-11-10-34-20)26(21)41(4)46(43,44)29(31,32)33/h7-8,10-11,13-15,18H,6,9,12,16H2,1-5H3,(H2,36,37,38,39). The molecule has 246 valence electrons. The largest absolute Gasteiger partial charge is 0.516 e. The van der Waals surface area contributed by atoms with Gasteiger partial charge in [0.2, 0.25) is 5.95 Å². The Bertz CT molecular complexity index is 1860. The van der Waals surface area contributed by atoms with Crippen molar-refractivity contribution in [1.29, 1.82) is 0 Å². The van der Waals surface area contributed by atoms with Crippen molar-refractivity contribution in [2.75, 3.05) is 61.2 Å². The molecule has 1 fully saturated rings. The number of hydrogen-bond donors (Lipinski definition) is 2. The number of aromatic nitrogens is 4. The number of benzene rings is 2. The molecule has 0 amide bonds. The Hall–Kier alpha value is -3.96. The van der Waals surface area contributed by atoms with Crippen LogP contribution in [0.1, 0.15) is 18.9 Å². The van der Waals surface area contributed by atoms with E-state index in [-0.39, 0.29) is 38.5 Å². The lowest BCUT2D eigenvalue weighted by Gasteiger charge is -2.25. The van der Waals surface area contributed by atoms with Crippen molar-refractivity contribution >= 4 is 71.5 Å². The van der Waals surface area contributed by atoms with Gasteiger partial charge in [-0.2, -0.15) is 26.6 Å². The van der Waals surface area contributed by atoms with Gasteiger partial charge >= 0.3 is 15.5 Å². The van der Waals surface area contributed by atoms with Crippen molar-refractivity contribution in [3.8, 4) is 5.75 Å². The first-order valence-electron chi connectivity index (χ1n) is 14.2. The molecular formula is C29H33BrF3N9O3S. The number of likely N-dealkylation sites (N-methyl/N-ethyl adjacent to an activating group) is 1. The SMILES string of the molecule is CCc1cc(Nc2ncc(Br)c(Nc3ccc4nccnc4c3N(C)S(=O)(=O)C(F)(F)F)n2)c(OC)cc1N1CCC(N(C)C)C1. The summed E-state index contributed by atoms with van der Waals surface area (Å²) in [5.74, 6) is 0.889. The lowest BCUT2D eigenvalue weighted by Crippen LogP contribution is -2.38. The van der Waals surface area contributed by atoms with Gasteiger partial charge in [0.1, 0.15) is 22.8 Å². The summed E-state index contributed by atoms with van der Waals surface area (Å²) in [7, 11) is 0.778. The summed E-state index contributed by atoms with van der Waals surface area (Å²) in [6, 6.07) is 7.36. The zero-order valence-corrected chi connectivity index (χ0v) is 28.1. The molecule has 0 spiro atoms. The average Bonchev–Trinajstić information content (AvgIpc) is 3.52. The predicted molar refractivity (Wildman–Crippen MR) is 176 cm³/mol. The van der Waals surface area contributed by atoms with Crippen LogP contribution in [0.25, 0.3) is 11.0 Å². The van der Waals surface area contributed by atoms with Gasteiger partial charge in [0.25, 0.3) is 0 Å². The molecule has 2 aromatic heterocycles. The number of fused-ring (bicyclic) bond motifs is 1. The molecule has 1 aliphatic heterocycles. The molecule has 1 saturated heterocycles. The third-order valence-corrected chi connectivity index (χ3v) is 9.91. The zero-order chi connectivity index (χ0) is 33.4. The molecule has 0 bridgehead atoms. The number of rotatable bonds is 10. The minimum Gasteiger partial charge on any atom is -0.494 e. The van der Waals surface area contributed by atoms with Crippen LogP contribution in [0.2, 0.25) is 0 Å². The first kappa shape index (κ1) is 33.4. The highest BCUT2D eigenvalue weighted by Gasteiger charge is 2.50. The molecule has 12 nitrogen and oxygen atoms in total. The molecule has 4 aromatic rings. The number of halogens is 4. The van der Waals surface area contributed by atoms with Gasteiger partial charge in [0, 0.05) is 56.5 Å². The smallest absolute Gasteiger partial charge is 0.494 e. The topological polar surface area (TPSA) is 129 Å². The van der Waals surface area contributed by atoms with Crippen LogP contribution in [0, 0.1) is 0 Å². The monoisotopic (exact) mass is 723 g/mol. The van der Waals surface area contributed by atoms with Gasteiger partial charge in [0.05, 0.1) is 28.5 Å². The Balaban J connectivity index is 1.50. The number of nitrogens with zero attached hydrogens (tertiary/aromatic N) is 7. The number of methoxy groups -OCH3 is 1. The second-order valence-corrected chi connectivity index (χ2v) is 13.6. The van der Waals surface area contributed by atoms with Gasteiger partial charge in [0.15, 0.2) is 0 Å². The first-order valence-corrected chi connectivity index (χ1v) is 16.5. The van der Waals surface area contributed by atoms with Gasteiger partial charge in [-0.25, -0.2) is 4.98 Å². The molecule has 1 unspecified atom stereocenters. The van der Waals surface area contributed by atoms with Crippen molar-refractivity contribution in [3.63, 3.8) is 0 Å². The molecule has 0 radical (unpaired) electrons. The minimum absolute atomic E-state index is 0.00878. The summed E-state index contributed by atoms with van der Waals surface area (Å²) in [6.45, 7) is 3.91. The molecule has 2 aromatic carbocycles. The number of alkyl halides is 3. The summed E-state index contributed by atoms with van der Waals surface area (Å²) >= 11 is 3.38. The molecular weight excluding hydrogens is 691 g/mol. The van der Waals surface area contributed by atoms with E-state index < -0.39 is 15.5 Å². The third-order valence-electron chi connectivity index (χ3n) is 7.84. The van der Waals surface area contributed by atoms with E-state index in [1.165, 1.54) is 30.7 Å². The van der Waals surface area contributed by atoms with Crippen LogP contribution in [0.15, 0.2) is 47.3 Å². The van der Waals surface area contributed by atoms with E-state index in [0.29, 0.717) is 22.0 Å². The Morgan fingerprint density at radius 3 is 2.48 bits per heavy atom. The average molecular weight is 725 g/mol. The highest BCUT2D eigenvalue weighted by Crippen LogP contribution is 2.41. The fraction of sp³-hybridized carbons (Fsp3) is 0.379. The molecule has 0 aliphatic carbocycles.